The summed E-state index contributed by atoms with van der Waals surface area (Å²) in [4.78, 5) is 10.2. The van der Waals surface area contributed by atoms with Gasteiger partial charge in [0, 0.05) is 10.6 Å². The molecule has 0 heterocycles. The van der Waals surface area contributed by atoms with Crippen LogP contribution in [0.3, 0.4) is 0 Å². The van der Waals surface area contributed by atoms with E-state index < -0.39 is 12.3 Å². The first-order valence-electron chi connectivity index (χ1n) is 3.75. The third-order valence-electron chi connectivity index (χ3n) is 1.62. The Morgan fingerprint density at radius 3 is 2.69 bits per heavy atom. The van der Waals surface area contributed by atoms with Crippen molar-refractivity contribution >= 4 is 17.8 Å². The zero-order valence-corrected chi connectivity index (χ0v) is 7.78. The van der Waals surface area contributed by atoms with Crippen molar-refractivity contribution in [1.82, 2.24) is 0 Å². The normalized spacial score (nSPS) is 12.2. The van der Waals surface area contributed by atoms with Gasteiger partial charge in [0.15, 0.2) is 0 Å². The predicted molar refractivity (Wildman–Crippen MR) is 49.0 cm³/mol. The van der Waals surface area contributed by atoms with Crippen molar-refractivity contribution in [3.05, 3.63) is 34.9 Å². The molecular formula is C9H9ClO3. The maximum Gasteiger partial charge on any atom is 0.506 e. The zero-order valence-electron chi connectivity index (χ0n) is 7.03. The molecule has 0 radical (unpaired) electrons. The van der Waals surface area contributed by atoms with Gasteiger partial charge in [-0.1, -0.05) is 29.8 Å². The lowest BCUT2D eigenvalue weighted by Gasteiger charge is -2.11. The molecule has 0 saturated carbocycles. The monoisotopic (exact) mass is 200 g/mol. The van der Waals surface area contributed by atoms with E-state index in [2.05, 4.69) is 4.74 Å². The second-order valence-corrected chi connectivity index (χ2v) is 2.95. The molecule has 70 valence electrons. The first kappa shape index (κ1) is 9.86. The van der Waals surface area contributed by atoms with E-state index in [9.17, 15) is 4.79 Å². The van der Waals surface area contributed by atoms with Crippen molar-refractivity contribution in [2.24, 2.45) is 0 Å². The summed E-state index contributed by atoms with van der Waals surface area (Å²) in [5.41, 5.74) is 0.673. The maximum atomic E-state index is 10.2. The van der Waals surface area contributed by atoms with E-state index in [4.69, 9.17) is 16.7 Å². The quantitative estimate of drug-likeness (QED) is 0.747. The smallest absolute Gasteiger partial charge is 0.450 e. The van der Waals surface area contributed by atoms with Gasteiger partial charge in [-0.3, -0.25) is 0 Å². The van der Waals surface area contributed by atoms with Crippen molar-refractivity contribution in [3.63, 3.8) is 0 Å². The first-order valence-corrected chi connectivity index (χ1v) is 4.13. The van der Waals surface area contributed by atoms with E-state index in [1.54, 1.807) is 31.2 Å². The van der Waals surface area contributed by atoms with Crippen molar-refractivity contribution in [1.29, 1.82) is 0 Å². The van der Waals surface area contributed by atoms with E-state index >= 15 is 0 Å². The number of carboxylic acid groups (broad SMARTS) is 1. The van der Waals surface area contributed by atoms with Crippen LogP contribution in [-0.2, 0) is 4.74 Å². The number of carbonyl (C=O) groups is 1. The molecule has 0 saturated heterocycles. The molecule has 4 heteroatoms. The van der Waals surface area contributed by atoms with Crippen LogP contribution in [0.4, 0.5) is 4.79 Å². The summed E-state index contributed by atoms with van der Waals surface area (Å²) in [6, 6.07) is 6.98. The Bertz CT molecular complexity index is 311. The van der Waals surface area contributed by atoms with Gasteiger partial charge in [-0.15, -0.1) is 0 Å². The van der Waals surface area contributed by atoms with Crippen LogP contribution in [-0.4, -0.2) is 11.3 Å². The van der Waals surface area contributed by atoms with Crippen LogP contribution in [0.2, 0.25) is 5.02 Å². The van der Waals surface area contributed by atoms with Crippen molar-refractivity contribution in [2.75, 3.05) is 0 Å². The molecule has 0 aliphatic heterocycles. The average molecular weight is 201 g/mol. The lowest BCUT2D eigenvalue weighted by Crippen LogP contribution is -2.05. The van der Waals surface area contributed by atoms with Crippen LogP contribution in [0, 0.1) is 0 Å². The van der Waals surface area contributed by atoms with E-state index in [1.807, 2.05) is 0 Å². The molecule has 1 aromatic rings. The van der Waals surface area contributed by atoms with E-state index in [0.29, 0.717) is 10.6 Å². The summed E-state index contributed by atoms with van der Waals surface area (Å²) < 4.78 is 4.55. The minimum atomic E-state index is -1.30. The molecule has 0 aliphatic carbocycles. The van der Waals surface area contributed by atoms with E-state index in [1.165, 1.54) is 0 Å². The average Bonchev–Trinajstić information content (AvgIpc) is 2.03. The summed E-state index contributed by atoms with van der Waals surface area (Å²) in [7, 11) is 0. The molecule has 3 nitrogen and oxygen atoms in total. The SMILES string of the molecule is CC(OC(=O)O)c1ccccc1Cl. The summed E-state index contributed by atoms with van der Waals surface area (Å²) in [5.74, 6) is 0. The van der Waals surface area contributed by atoms with E-state index in [-0.39, 0.29) is 0 Å². The highest BCUT2D eigenvalue weighted by Gasteiger charge is 2.12. The second-order valence-electron chi connectivity index (χ2n) is 2.55. The lowest BCUT2D eigenvalue weighted by molar-refractivity contribution is 0.0587. The summed E-state index contributed by atoms with van der Waals surface area (Å²) >= 11 is 5.83. The van der Waals surface area contributed by atoms with Gasteiger partial charge >= 0.3 is 6.16 Å². The molecule has 1 aromatic carbocycles. The Kier molecular flexibility index (Phi) is 3.14. The lowest BCUT2D eigenvalue weighted by atomic mass is 10.1. The Morgan fingerprint density at radius 2 is 2.15 bits per heavy atom. The third kappa shape index (κ3) is 2.63. The van der Waals surface area contributed by atoms with Crippen LogP contribution >= 0.6 is 11.6 Å². The Hall–Kier alpha value is -1.22. The molecule has 0 bridgehead atoms. The number of rotatable bonds is 2. The highest BCUT2D eigenvalue weighted by molar-refractivity contribution is 6.31. The predicted octanol–water partition coefficient (Wildman–Crippen LogP) is 3.10. The molecule has 0 spiro atoms. The van der Waals surface area contributed by atoms with Gasteiger partial charge in [0.2, 0.25) is 0 Å². The van der Waals surface area contributed by atoms with Crippen LogP contribution in [0.15, 0.2) is 24.3 Å². The molecule has 0 amide bonds. The fourth-order valence-corrected chi connectivity index (χ4v) is 1.31. The molecule has 1 atom stereocenters. The number of benzene rings is 1. The van der Waals surface area contributed by atoms with Gasteiger partial charge in [-0.25, -0.2) is 4.79 Å². The summed E-state index contributed by atoms with van der Waals surface area (Å²) in [6.45, 7) is 1.63. The molecule has 13 heavy (non-hydrogen) atoms. The van der Waals surface area contributed by atoms with Gasteiger partial charge in [0.05, 0.1) is 0 Å². The van der Waals surface area contributed by atoms with Gasteiger partial charge in [-0.05, 0) is 13.0 Å². The largest absolute Gasteiger partial charge is 0.506 e. The van der Waals surface area contributed by atoms with Crippen LogP contribution < -0.4 is 0 Å². The minimum Gasteiger partial charge on any atom is -0.450 e. The summed E-state index contributed by atoms with van der Waals surface area (Å²) in [6.07, 6.45) is -1.83. The molecule has 0 fully saturated rings. The topological polar surface area (TPSA) is 46.5 Å². The molecular weight excluding hydrogens is 192 g/mol. The van der Waals surface area contributed by atoms with Crippen LogP contribution in [0.25, 0.3) is 0 Å². The minimum absolute atomic E-state index is 0.510. The second kappa shape index (κ2) is 4.14. The van der Waals surface area contributed by atoms with Gasteiger partial charge in [0.25, 0.3) is 0 Å². The highest BCUT2D eigenvalue weighted by Crippen LogP contribution is 2.24. The molecule has 1 rings (SSSR count). The Balaban J connectivity index is 2.82. The Morgan fingerprint density at radius 1 is 1.54 bits per heavy atom. The number of hydrogen-bond acceptors (Lipinski definition) is 2. The van der Waals surface area contributed by atoms with Crippen LogP contribution in [0.5, 0.6) is 0 Å². The standard InChI is InChI=1S/C9H9ClO3/c1-6(13-9(11)12)7-4-2-3-5-8(7)10/h2-6H,1H3,(H,11,12). The van der Waals surface area contributed by atoms with Crippen molar-refractivity contribution < 1.29 is 14.6 Å². The number of halogens is 1. The fourth-order valence-electron chi connectivity index (χ4n) is 1.02. The molecule has 1 unspecified atom stereocenters. The molecule has 0 aliphatic rings. The van der Waals surface area contributed by atoms with Crippen LogP contribution in [0.1, 0.15) is 18.6 Å². The Labute approximate surface area is 80.9 Å². The van der Waals surface area contributed by atoms with Crippen molar-refractivity contribution in [2.45, 2.75) is 13.0 Å². The van der Waals surface area contributed by atoms with Gasteiger partial charge < -0.3 is 9.84 Å². The first-order chi connectivity index (χ1) is 6.11. The zero-order chi connectivity index (χ0) is 9.84. The third-order valence-corrected chi connectivity index (χ3v) is 1.96. The summed E-state index contributed by atoms with van der Waals surface area (Å²) in [5, 5.41) is 8.88. The van der Waals surface area contributed by atoms with Crippen molar-refractivity contribution in [3.8, 4) is 0 Å². The highest BCUT2D eigenvalue weighted by atomic mass is 35.5. The molecule has 0 aromatic heterocycles. The van der Waals surface area contributed by atoms with Gasteiger partial charge in [0.1, 0.15) is 6.10 Å². The molecule has 1 N–H and O–H groups in total. The fraction of sp³-hybridized carbons (Fsp3) is 0.222. The maximum absolute atomic E-state index is 10.2. The number of ether oxygens (including phenoxy) is 1. The van der Waals surface area contributed by atoms with E-state index in [0.717, 1.165) is 0 Å². The number of hydrogen-bond donors (Lipinski definition) is 1. The van der Waals surface area contributed by atoms with Gasteiger partial charge in [-0.2, -0.15) is 0 Å².